The number of carbonyl (C=O) groups is 2. The van der Waals surface area contributed by atoms with Gasteiger partial charge in [-0.3, -0.25) is 9.59 Å². The number of amides is 1. The molecule has 16 heavy (non-hydrogen) atoms. The normalized spacial score (nSPS) is 16.2. The number of carboxylic acid groups (broad SMARTS) is 1. The van der Waals surface area contributed by atoms with Crippen LogP contribution >= 0.6 is 11.8 Å². The quantitative estimate of drug-likeness (QED) is 0.645. The first-order valence-corrected chi connectivity index (χ1v) is 6.23. The van der Waals surface area contributed by atoms with E-state index in [1.54, 1.807) is 0 Å². The molecule has 1 fully saturated rings. The lowest BCUT2D eigenvalue weighted by molar-refractivity contribution is -0.138. The fourth-order valence-electron chi connectivity index (χ4n) is 1.43. The summed E-state index contributed by atoms with van der Waals surface area (Å²) in [7, 11) is 0. The average molecular weight is 241 g/mol. The van der Waals surface area contributed by atoms with Crippen LogP contribution in [0.3, 0.4) is 0 Å². The van der Waals surface area contributed by atoms with Crippen LogP contribution in [-0.4, -0.2) is 35.0 Å². The van der Waals surface area contributed by atoms with E-state index >= 15 is 0 Å². The van der Waals surface area contributed by atoms with E-state index in [4.69, 9.17) is 11.5 Å². The van der Waals surface area contributed by atoms with Gasteiger partial charge in [-0.2, -0.15) is 11.8 Å². The second kappa shape index (κ2) is 5.80. The molecule has 5 heteroatoms. The van der Waals surface area contributed by atoms with E-state index in [0.717, 1.165) is 18.6 Å². The second-order valence-corrected chi connectivity index (χ2v) is 5.03. The summed E-state index contributed by atoms with van der Waals surface area (Å²) >= 11 is 1.48. The molecule has 0 aromatic rings. The van der Waals surface area contributed by atoms with E-state index < -0.39 is 5.97 Å². The predicted octanol–water partition coefficient (Wildman–Crippen LogP) is 0.724. The van der Waals surface area contributed by atoms with E-state index in [2.05, 4.69) is 11.2 Å². The summed E-state index contributed by atoms with van der Waals surface area (Å²) in [5, 5.41) is 11.3. The van der Waals surface area contributed by atoms with Gasteiger partial charge in [0.1, 0.15) is 0 Å². The Labute approximate surface area is 99.2 Å². The zero-order chi connectivity index (χ0) is 12.0. The van der Waals surface area contributed by atoms with Crippen LogP contribution in [0.25, 0.3) is 0 Å². The van der Waals surface area contributed by atoms with Crippen molar-refractivity contribution in [2.75, 3.05) is 18.1 Å². The van der Waals surface area contributed by atoms with Crippen LogP contribution in [0.4, 0.5) is 0 Å². The molecule has 0 atom stereocenters. The molecule has 4 nitrogen and oxygen atoms in total. The molecular formula is C11H15NO3S. The van der Waals surface area contributed by atoms with Crippen molar-refractivity contribution in [3.05, 3.63) is 0 Å². The van der Waals surface area contributed by atoms with Crippen molar-refractivity contribution in [1.29, 1.82) is 0 Å². The predicted molar refractivity (Wildman–Crippen MR) is 63.1 cm³/mol. The fraction of sp³-hybridized carbons (Fsp3) is 0.636. The van der Waals surface area contributed by atoms with Gasteiger partial charge in [0, 0.05) is 0 Å². The van der Waals surface area contributed by atoms with Crippen LogP contribution in [-0.2, 0) is 9.59 Å². The van der Waals surface area contributed by atoms with Crippen molar-refractivity contribution in [2.45, 2.75) is 19.3 Å². The number of nitrogens with one attached hydrogen (secondary N) is 1. The molecule has 0 unspecified atom stereocenters. The zero-order valence-electron chi connectivity index (χ0n) is 8.99. The Morgan fingerprint density at radius 2 is 2.19 bits per heavy atom. The minimum absolute atomic E-state index is 0.0527. The summed E-state index contributed by atoms with van der Waals surface area (Å²) in [5.74, 6) is 2.57. The van der Waals surface area contributed by atoms with Crippen LogP contribution in [0.15, 0.2) is 0 Å². The molecule has 0 radical (unpaired) electrons. The third-order valence-corrected chi connectivity index (χ3v) is 3.80. The van der Waals surface area contributed by atoms with E-state index in [9.17, 15) is 9.59 Å². The summed E-state index contributed by atoms with van der Waals surface area (Å²) in [4.78, 5) is 21.8. The molecule has 0 aromatic heterocycles. The molecule has 0 heterocycles. The first-order valence-electron chi connectivity index (χ1n) is 5.08. The lowest BCUT2D eigenvalue weighted by Crippen LogP contribution is -2.26. The summed E-state index contributed by atoms with van der Waals surface area (Å²) < 4.78 is 0. The highest BCUT2D eigenvalue weighted by Gasteiger charge is 2.44. The molecule has 0 saturated heterocycles. The van der Waals surface area contributed by atoms with Gasteiger partial charge in [-0.15, -0.1) is 6.42 Å². The maximum Gasteiger partial charge on any atom is 0.303 e. The first-order chi connectivity index (χ1) is 7.58. The maximum atomic E-state index is 11.2. The molecule has 88 valence electrons. The second-order valence-electron chi connectivity index (χ2n) is 4.04. The lowest BCUT2D eigenvalue weighted by Gasteiger charge is -2.11. The number of rotatable bonds is 7. The number of hydrogen-bond donors (Lipinski definition) is 2. The summed E-state index contributed by atoms with van der Waals surface area (Å²) in [6, 6.07) is 0. The Bertz CT molecular complexity index is 318. The first kappa shape index (κ1) is 12.9. The van der Waals surface area contributed by atoms with Crippen molar-refractivity contribution in [3.63, 3.8) is 0 Å². The molecule has 1 amide bonds. The highest BCUT2D eigenvalue weighted by Crippen LogP contribution is 2.50. The largest absolute Gasteiger partial charge is 0.481 e. The van der Waals surface area contributed by atoms with Crippen molar-refractivity contribution < 1.29 is 14.7 Å². The Hall–Kier alpha value is -1.15. The van der Waals surface area contributed by atoms with Gasteiger partial charge in [-0.25, -0.2) is 0 Å². The number of carboxylic acids is 1. The number of terminal acetylenes is 1. The Morgan fingerprint density at radius 1 is 1.50 bits per heavy atom. The van der Waals surface area contributed by atoms with Gasteiger partial charge in [-0.1, -0.05) is 5.92 Å². The Balaban J connectivity index is 2.14. The van der Waals surface area contributed by atoms with E-state index in [0.29, 0.717) is 5.75 Å². The molecule has 1 aliphatic rings. The van der Waals surface area contributed by atoms with Crippen LogP contribution in [0.1, 0.15) is 19.3 Å². The molecule has 1 aliphatic carbocycles. The van der Waals surface area contributed by atoms with Crippen LogP contribution in [0.2, 0.25) is 0 Å². The van der Waals surface area contributed by atoms with Gasteiger partial charge in [0.2, 0.25) is 5.91 Å². The van der Waals surface area contributed by atoms with Crippen LogP contribution < -0.4 is 5.32 Å². The maximum absolute atomic E-state index is 11.2. The molecule has 2 N–H and O–H groups in total. The smallest absolute Gasteiger partial charge is 0.303 e. The van der Waals surface area contributed by atoms with Crippen molar-refractivity contribution >= 4 is 23.6 Å². The van der Waals surface area contributed by atoms with Gasteiger partial charge in [0.25, 0.3) is 0 Å². The van der Waals surface area contributed by atoms with Gasteiger partial charge < -0.3 is 10.4 Å². The average Bonchev–Trinajstić information content (AvgIpc) is 2.94. The molecule has 1 rings (SSSR count). The monoisotopic (exact) mass is 241 g/mol. The Morgan fingerprint density at radius 3 is 2.69 bits per heavy atom. The van der Waals surface area contributed by atoms with E-state index in [1.165, 1.54) is 11.8 Å². The number of carbonyl (C=O) groups excluding carboxylic acids is 1. The standard InChI is InChI=1S/C11H15NO3S/c1-2-5-12-9(13)7-16-8-11(3-4-11)6-10(14)15/h1H,3-8H2,(H,12,13)(H,14,15). The number of aliphatic carboxylic acids is 1. The minimum atomic E-state index is -0.755. The number of hydrogen-bond acceptors (Lipinski definition) is 3. The van der Waals surface area contributed by atoms with Gasteiger partial charge in [0.15, 0.2) is 0 Å². The molecule has 0 aromatic carbocycles. The lowest BCUT2D eigenvalue weighted by atomic mass is 10.1. The summed E-state index contributed by atoms with van der Waals surface area (Å²) in [5.41, 5.74) is -0.0527. The van der Waals surface area contributed by atoms with E-state index in [1.807, 2.05) is 0 Å². The molecule has 0 bridgehead atoms. The third-order valence-electron chi connectivity index (χ3n) is 2.51. The van der Waals surface area contributed by atoms with Gasteiger partial charge in [-0.05, 0) is 24.0 Å². The van der Waals surface area contributed by atoms with Gasteiger partial charge >= 0.3 is 5.97 Å². The SMILES string of the molecule is C#CCNC(=O)CSCC1(CC(=O)O)CC1. The third kappa shape index (κ3) is 4.58. The fourth-order valence-corrected chi connectivity index (χ4v) is 2.64. The molecular weight excluding hydrogens is 226 g/mol. The summed E-state index contributed by atoms with van der Waals surface area (Å²) in [6.07, 6.45) is 7.13. The van der Waals surface area contributed by atoms with Crippen LogP contribution in [0, 0.1) is 17.8 Å². The molecule has 1 saturated carbocycles. The Kier molecular flexibility index (Phi) is 4.69. The minimum Gasteiger partial charge on any atom is -0.481 e. The van der Waals surface area contributed by atoms with E-state index in [-0.39, 0.29) is 24.3 Å². The van der Waals surface area contributed by atoms with Crippen molar-refractivity contribution in [1.82, 2.24) is 5.32 Å². The summed E-state index contributed by atoms with van der Waals surface area (Å²) in [6.45, 7) is 0.250. The van der Waals surface area contributed by atoms with Crippen LogP contribution in [0.5, 0.6) is 0 Å². The topological polar surface area (TPSA) is 66.4 Å². The number of thioether (sulfide) groups is 1. The molecule has 0 aliphatic heterocycles. The highest BCUT2D eigenvalue weighted by molar-refractivity contribution is 7.99. The van der Waals surface area contributed by atoms with Crippen molar-refractivity contribution in [3.8, 4) is 12.3 Å². The van der Waals surface area contributed by atoms with Gasteiger partial charge in [0.05, 0.1) is 18.7 Å². The zero-order valence-corrected chi connectivity index (χ0v) is 9.81. The molecule has 0 spiro atoms. The highest BCUT2D eigenvalue weighted by atomic mass is 32.2. The van der Waals surface area contributed by atoms with Crippen molar-refractivity contribution in [2.24, 2.45) is 5.41 Å².